The number of carbonyl (C=O) groups excluding carboxylic acids is 1. The predicted octanol–water partition coefficient (Wildman–Crippen LogP) is 4.05. The first kappa shape index (κ1) is 17.0. The highest BCUT2D eigenvalue weighted by Crippen LogP contribution is 2.58. The van der Waals surface area contributed by atoms with Crippen LogP contribution in [0.1, 0.15) is 12.1 Å². The molecule has 2 fully saturated rings. The molecule has 3 heterocycles. The minimum absolute atomic E-state index is 0.162. The number of fused-ring (bicyclic) bond motifs is 1. The maximum atomic E-state index is 12.8. The molecule has 2 aromatic heterocycles. The van der Waals surface area contributed by atoms with Gasteiger partial charge in [0.25, 0.3) is 0 Å². The van der Waals surface area contributed by atoms with Gasteiger partial charge in [-0.2, -0.15) is 13.2 Å². The molecule has 4 rings (SSSR count). The lowest BCUT2D eigenvalue weighted by Crippen LogP contribution is -2.36. The molecule has 0 N–H and O–H groups in total. The van der Waals surface area contributed by atoms with Crippen LogP contribution >= 0.6 is 23.1 Å². The zero-order chi connectivity index (χ0) is 17.6. The summed E-state index contributed by atoms with van der Waals surface area (Å²) in [6, 6.07) is 5.05. The fourth-order valence-corrected chi connectivity index (χ4v) is 5.00. The molecule has 25 heavy (non-hydrogen) atoms. The van der Waals surface area contributed by atoms with Crippen LogP contribution in [0.15, 0.2) is 28.1 Å². The molecule has 9 heteroatoms. The molecule has 1 aliphatic carbocycles. The molecule has 1 aliphatic heterocycles. The van der Waals surface area contributed by atoms with Crippen molar-refractivity contribution in [2.75, 3.05) is 12.3 Å². The normalized spacial score (nSPS) is 25.2. The molecule has 1 saturated carbocycles. The first-order valence-electron chi connectivity index (χ1n) is 7.88. The number of piperidine rings is 1. The summed E-state index contributed by atoms with van der Waals surface area (Å²) in [6.45, 7) is 0.438. The number of thioether (sulfide) groups is 1. The molecule has 3 atom stereocenters. The van der Waals surface area contributed by atoms with Crippen LogP contribution in [0.2, 0.25) is 0 Å². The van der Waals surface area contributed by atoms with Gasteiger partial charge in [0.05, 0.1) is 22.2 Å². The molecule has 4 nitrogen and oxygen atoms in total. The van der Waals surface area contributed by atoms with Crippen molar-refractivity contribution in [3.05, 3.63) is 29.3 Å². The van der Waals surface area contributed by atoms with Crippen molar-refractivity contribution >= 4 is 29.0 Å². The van der Waals surface area contributed by atoms with Gasteiger partial charge in [-0.25, -0.2) is 0 Å². The van der Waals surface area contributed by atoms with E-state index in [2.05, 4.69) is 5.16 Å². The number of alkyl halides is 3. The summed E-state index contributed by atoms with van der Waals surface area (Å²) in [5, 5.41) is 5.92. The van der Waals surface area contributed by atoms with Gasteiger partial charge in [-0.1, -0.05) is 11.2 Å². The second kappa shape index (κ2) is 6.35. The summed E-state index contributed by atoms with van der Waals surface area (Å²) >= 11 is 2.90. The second-order valence-corrected chi connectivity index (χ2v) is 8.18. The second-order valence-electron chi connectivity index (χ2n) is 6.25. The Balaban J connectivity index is 1.27. The Labute approximate surface area is 150 Å². The molecule has 0 radical (unpaired) electrons. The average Bonchev–Trinajstić information content (AvgIpc) is 3.03. The van der Waals surface area contributed by atoms with E-state index in [0.29, 0.717) is 24.5 Å². The Bertz CT molecular complexity index is 760. The molecule has 2 aliphatic rings. The topological polar surface area (TPSA) is 46.3 Å². The van der Waals surface area contributed by atoms with Crippen LogP contribution in [0.4, 0.5) is 13.2 Å². The summed E-state index contributed by atoms with van der Waals surface area (Å²) in [4.78, 5) is 14.6. The highest BCUT2D eigenvalue weighted by molar-refractivity contribution is 7.99. The number of hydrogen-bond acceptors (Lipinski definition) is 5. The van der Waals surface area contributed by atoms with Gasteiger partial charge in [-0.15, -0.1) is 23.1 Å². The zero-order valence-corrected chi connectivity index (χ0v) is 14.7. The summed E-state index contributed by atoms with van der Waals surface area (Å²) in [5.41, 5.74) is 0.722. The summed E-state index contributed by atoms with van der Waals surface area (Å²) in [7, 11) is 0. The number of likely N-dealkylation sites (tertiary alicyclic amines) is 1. The van der Waals surface area contributed by atoms with Gasteiger partial charge in [-0.05, 0) is 23.8 Å². The Kier molecular flexibility index (Phi) is 4.31. The van der Waals surface area contributed by atoms with E-state index in [-0.39, 0.29) is 11.7 Å². The minimum atomic E-state index is -4.19. The van der Waals surface area contributed by atoms with Gasteiger partial charge < -0.3 is 9.42 Å². The van der Waals surface area contributed by atoms with Gasteiger partial charge in [0, 0.05) is 24.4 Å². The van der Waals surface area contributed by atoms with E-state index in [9.17, 15) is 18.0 Å². The van der Waals surface area contributed by atoms with Crippen LogP contribution in [0.5, 0.6) is 0 Å². The van der Waals surface area contributed by atoms with Crippen LogP contribution in [0.3, 0.4) is 0 Å². The van der Waals surface area contributed by atoms with Crippen molar-refractivity contribution in [2.45, 2.75) is 24.4 Å². The fourth-order valence-electron chi connectivity index (χ4n) is 3.54. The van der Waals surface area contributed by atoms with E-state index in [0.717, 1.165) is 10.6 Å². The van der Waals surface area contributed by atoms with Crippen molar-refractivity contribution in [2.24, 2.45) is 11.8 Å². The number of halogens is 3. The number of amides is 1. The van der Waals surface area contributed by atoms with E-state index in [1.807, 2.05) is 23.6 Å². The van der Waals surface area contributed by atoms with E-state index in [1.54, 1.807) is 11.3 Å². The lowest BCUT2D eigenvalue weighted by Gasteiger charge is -2.20. The van der Waals surface area contributed by atoms with Crippen molar-refractivity contribution in [1.82, 2.24) is 10.1 Å². The molecular weight excluding hydrogens is 373 g/mol. The van der Waals surface area contributed by atoms with Crippen molar-refractivity contribution in [1.29, 1.82) is 0 Å². The first-order chi connectivity index (χ1) is 11.9. The van der Waals surface area contributed by atoms with E-state index < -0.39 is 24.1 Å². The molecule has 0 bridgehead atoms. The van der Waals surface area contributed by atoms with E-state index in [1.165, 1.54) is 16.7 Å². The number of aromatic nitrogens is 1. The number of carbonyl (C=O) groups is 1. The molecular formula is C16H15F3N2O2S2. The lowest BCUT2D eigenvalue weighted by atomic mass is 10.2. The molecule has 0 aromatic carbocycles. The average molecular weight is 388 g/mol. The quantitative estimate of drug-likeness (QED) is 0.775. The van der Waals surface area contributed by atoms with Gasteiger partial charge in [0.15, 0.2) is 5.76 Å². The third kappa shape index (κ3) is 3.31. The maximum Gasteiger partial charge on any atom is 0.394 e. The minimum Gasteiger partial charge on any atom is -0.355 e. The molecule has 2 aromatic rings. The Hall–Kier alpha value is -1.48. The Morgan fingerprint density at radius 3 is 3.00 bits per heavy atom. The number of thiophene rings is 1. The van der Waals surface area contributed by atoms with Crippen LogP contribution < -0.4 is 0 Å². The SMILES string of the molecule is O=C(CSCc1cc(-c2cccs2)on1)N1CCC2C1C2C(F)(F)F. The van der Waals surface area contributed by atoms with Gasteiger partial charge in [0.1, 0.15) is 0 Å². The van der Waals surface area contributed by atoms with Gasteiger partial charge in [-0.3, -0.25) is 4.79 Å². The van der Waals surface area contributed by atoms with E-state index >= 15 is 0 Å². The van der Waals surface area contributed by atoms with Crippen LogP contribution in [-0.4, -0.2) is 40.5 Å². The molecule has 3 unspecified atom stereocenters. The highest BCUT2D eigenvalue weighted by atomic mass is 32.2. The number of hydrogen-bond donors (Lipinski definition) is 0. The standard InChI is InChI=1S/C16H15F3N2O2S2/c17-16(18,19)14-10-3-4-21(15(10)14)13(22)8-24-7-9-6-11(23-20-9)12-2-1-5-25-12/h1-2,5-6,10,14-15H,3-4,7-8H2. The number of rotatable bonds is 5. The van der Waals surface area contributed by atoms with E-state index in [4.69, 9.17) is 4.52 Å². The molecule has 0 spiro atoms. The summed E-state index contributed by atoms with van der Waals surface area (Å²) in [6.07, 6.45) is -3.74. The Morgan fingerprint density at radius 2 is 2.32 bits per heavy atom. The van der Waals surface area contributed by atoms with Crippen LogP contribution in [0, 0.1) is 11.8 Å². The highest BCUT2D eigenvalue weighted by Gasteiger charge is 2.69. The molecule has 134 valence electrons. The van der Waals surface area contributed by atoms with Crippen LogP contribution in [-0.2, 0) is 10.5 Å². The van der Waals surface area contributed by atoms with Crippen LogP contribution in [0.25, 0.3) is 10.6 Å². The lowest BCUT2D eigenvalue weighted by molar-refractivity contribution is -0.159. The fraction of sp³-hybridized carbons (Fsp3) is 0.500. The maximum absolute atomic E-state index is 12.8. The Morgan fingerprint density at radius 1 is 1.48 bits per heavy atom. The monoisotopic (exact) mass is 388 g/mol. The third-order valence-electron chi connectivity index (χ3n) is 4.69. The third-order valence-corrected chi connectivity index (χ3v) is 6.52. The summed E-state index contributed by atoms with van der Waals surface area (Å²) < 4.78 is 43.8. The molecule has 1 amide bonds. The first-order valence-corrected chi connectivity index (χ1v) is 9.92. The van der Waals surface area contributed by atoms with Gasteiger partial charge >= 0.3 is 6.18 Å². The largest absolute Gasteiger partial charge is 0.394 e. The predicted molar refractivity (Wildman–Crippen MR) is 89.1 cm³/mol. The smallest absolute Gasteiger partial charge is 0.355 e. The molecule has 1 saturated heterocycles. The summed E-state index contributed by atoms with van der Waals surface area (Å²) in [5.74, 6) is -0.589. The van der Waals surface area contributed by atoms with Crippen molar-refractivity contribution < 1.29 is 22.5 Å². The van der Waals surface area contributed by atoms with Crippen molar-refractivity contribution in [3.8, 4) is 10.6 Å². The van der Waals surface area contributed by atoms with Gasteiger partial charge in [0.2, 0.25) is 5.91 Å². The zero-order valence-electron chi connectivity index (χ0n) is 13.0. The van der Waals surface area contributed by atoms with Crippen molar-refractivity contribution in [3.63, 3.8) is 0 Å². The number of nitrogens with zero attached hydrogens (tertiary/aromatic N) is 2.